The van der Waals surface area contributed by atoms with Crippen molar-refractivity contribution in [2.75, 3.05) is 62.3 Å². The second-order valence-corrected chi connectivity index (χ2v) is 7.61. The first-order valence-electron chi connectivity index (χ1n) is 10.2. The van der Waals surface area contributed by atoms with Gasteiger partial charge in [0.1, 0.15) is 5.69 Å². The Labute approximate surface area is 182 Å². The van der Waals surface area contributed by atoms with Crippen LogP contribution in [0.2, 0.25) is 0 Å². The number of hydrazone groups is 1. The molecule has 9 heteroatoms. The summed E-state index contributed by atoms with van der Waals surface area (Å²) in [7, 11) is 0. The summed E-state index contributed by atoms with van der Waals surface area (Å²) in [5.74, 6) is 0.315. The van der Waals surface area contributed by atoms with E-state index in [1.165, 1.54) is 5.69 Å². The molecular weight excluding hydrogens is 398 g/mol. The first-order valence-corrected chi connectivity index (χ1v) is 10.6. The third kappa shape index (κ3) is 4.98. The summed E-state index contributed by atoms with van der Waals surface area (Å²) >= 11 is 5.52. The van der Waals surface area contributed by atoms with Gasteiger partial charge in [0.15, 0.2) is 10.9 Å². The first kappa shape index (κ1) is 20.4. The lowest BCUT2D eigenvalue weighted by molar-refractivity contribution is 0.122. The van der Waals surface area contributed by atoms with E-state index in [2.05, 4.69) is 54.5 Å². The van der Waals surface area contributed by atoms with Crippen molar-refractivity contribution in [3.63, 3.8) is 0 Å². The van der Waals surface area contributed by atoms with Crippen LogP contribution >= 0.6 is 12.2 Å². The summed E-state index contributed by atoms with van der Waals surface area (Å²) in [6.07, 6.45) is 1.75. The number of anilines is 2. The van der Waals surface area contributed by atoms with Crippen LogP contribution in [-0.4, -0.2) is 73.3 Å². The number of nitrogens with one attached hydrogen (secondary N) is 1. The number of hydrogen-bond acceptors (Lipinski definition) is 6. The van der Waals surface area contributed by atoms with E-state index < -0.39 is 0 Å². The number of hydrogen-bond donors (Lipinski definition) is 2. The van der Waals surface area contributed by atoms with Gasteiger partial charge >= 0.3 is 0 Å². The third-order valence-corrected chi connectivity index (χ3v) is 5.69. The number of ether oxygens (including phenoxy) is 1. The molecular formula is C21H27N7OS. The van der Waals surface area contributed by atoms with E-state index in [9.17, 15) is 0 Å². The normalized spacial score (nSPS) is 17.7. The maximum atomic E-state index is 6.16. The highest BCUT2D eigenvalue weighted by atomic mass is 32.1. The topological polar surface area (TPSA) is 82.2 Å². The molecule has 0 aliphatic carbocycles. The summed E-state index contributed by atoms with van der Waals surface area (Å²) in [5, 5.41) is 4.85. The molecule has 2 aromatic rings. The Bertz CT molecular complexity index is 878. The van der Waals surface area contributed by atoms with Crippen LogP contribution in [0.4, 0.5) is 11.4 Å². The number of aromatic nitrogens is 1. The van der Waals surface area contributed by atoms with Gasteiger partial charge in [-0.15, -0.1) is 0 Å². The van der Waals surface area contributed by atoms with Crippen molar-refractivity contribution in [3.05, 3.63) is 54.4 Å². The smallest absolute Gasteiger partial charge is 0.189 e. The third-order valence-electron chi connectivity index (χ3n) is 5.34. The minimum Gasteiger partial charge on any atom is -0.380 e. The maximum Gasteiger partial charge on any atom is 0.189 e. The van der Waals surface area contributed by atoms with Crippen molar-refractivity contribution in [1.82, 2.24) is 15.3 Å². The number of amidine groups is 1. The van der Waals surface area contributed by atoms with Crippen molar-refractivity contribution < 1.29 is 4.74 Å². The summed E-state index contributed by atoms with van der Waals surface area (Å²) in [4.78, 5) is 11.1. The highest BCUT2D eigenvalue weighted by Gasteiger charge is 2.19. The Morgan fingerprint density at radius 1 is 0.967 bits per heavy atom. The van der Waals surface area contributed by atoms with E-state index in [0.717, 1.165) is 58.2 Å². The zero-order chi connectivity index (χ0) is 20.8. The molecule has 1 aromatic carbocycles. The van der Waals surface area contributed by atoms with E-state index in [4.69, 9.17) is 22.7 Å². The largest absolute Gasteiger partial charge is 0.380 e. The molecule has 0 saturated carbocycles. The second-order valence-electron chi connectivity index (χ2n) is 7.22. The lowest BCUT2D eigenvalue weighted by Crippen LogP contribution is -2.51. The molecule has 2 fully saturated rings. The lowest BCUT2D eigenvalue weighted by Gasteiger charge is -2.36. The van der Waals surface area contributed by atoms with E-state index >= 15 is 0 Å². The molecule has 0 atom stereocenters. The molecule has 158 valence electrons. The van der Waals surface area contributed by atoms with Crippen LogP contribution < -0.4 is 21.0 Å². The van der Waals surface area contributed by atoms with Crippen molar-refractivity contribution in [1.29, 1.82) is 0 Å². The molecule has 0 bridgehead atoms. The molecule has 2 aliphatic rings. The van der Waals surface area contributed by atoms with Crippen LogP contribution in [0, 0.1) is 0 Å². The molecule has 4 rings (SSSR count). The fourth-order valence-corrected chi connectivity index (χ4v) is 3.85. The number of nitrogens with zero attached hydrogens (tertiary/aromatic N) is 5. The monoisotopic (exact) mass is 425 g/mol. The lowest BCUT2D eigenvalue weighted by atomic mass is 10.2. The molecule has 3 heterocycles. The summed E-state index contributed by atoms with van der Waals surface area (Å²) < 4.78 is 5.42. The van der Waals surface area contributed by atoms with Gasteiger partial charge in [0.2, 0.25) is 0 Å². The first-order chi connectivity index (χ1) is 14.7. The Kier molecular flexibility index (Phi) is 6.60. The number of pyridine rings is 1. The van der Waals surface area contributed by atoms with Gasteiger partial charge < -0.3 is 25.2 Å². The van der Waals surface area contributed by atoms with Gasteiger partial charge in [-0.1, -0.05) is 18.2 Å². The fraction of sp³-hybridized carbons (Fsp3) is 0.381. The average molecular weight is 426 g/mol. The van der Waals surface area contributed by atoms with Crippen LogP contribution in [-0.2, 0) is 4.74 Å². The highest BCUT2D eigenvalue weighted by Crippen LogP contribution is 2.17. The minimum atomic E-state index is 0.315. The number of piperazine rings is 1. The van der Waals surface area contributed by atoms with Gasteiger partial charge in [0.25, 0.3) is 0 Å². The van der Waals surface area contributed by atoms with Gasteiger partial charge in [0, 0.05) is 56.8 Å². The van der Waals surface area contributed by atoms with Crippen molar-refractivity contribution in [3.8, 4) is 0 Å². The molecule has 8 nitrogen and oxygen atoms in total. The van der Waals surface area contributed by atoms with Gasteiger partial charge in [0.05, 0.1) is 13.2 Å². The predicted octanol–water partition coefficient (Wildman–Crippen LogP) is 1.24. The molecule has 2 saturated heterocycles. The quantitative estimate of drug-likeness (QED) is 0.328. The van der Waals surface area contributed by atoms with Gasteiger partial charge in [-0.3, -0.25) is 10.4 Å². The maximum absolute atomic E-state index is 6.16. The van der Waals surface area contributed by atoms with Crippen molar-refractivity contribution in [2.45, 2.75) is 0 Å². The van der Waals surface area contributed by atoms with Crippen molar-refractivity contribution >= 4 is 34.5 Å². The van der Waals surface area contributed by atoms with Crippen molar-refractivity contribution in [2.24, 2.45) is 10.8 Å². The van der Waals surface area contributed by atoms with Crippen LogP contribution in [0.5, 0.6) is 0 Å². The predicted molar refractivity (Wildman–Crippen MR) is 124 cm³/mol. The molecule has 0 amide bonds. The number of morpholine rings is 1. The summed E-state index contributed by atoms with van der Waals surface area (Å²) in [5.41, 5.74) is 12.0. The number of thiocarbonyl (C=S) groups is 1. The van der Waals surface area contributed by atoms with Gasteiger partial charge in [-0.25, -0.2) is 0 Å². The Morgan fingerprint density at radius 3 is 2.40 bits per heavy atom. The van der Waals surface area contributed by atoms with E-state index in [1.807, 2.05) is 18.2 Å². The second kappa shape index (κ2) is 9.73. The Morgan fingerprint density at radius 2 is 1.67 bits per heavy atom. The zero-order valence-corrected chi connectivity index (χ0v) is 17.7. The molecule has 2 aliphatic heterocycles. The van der Waals surface area contributed by atoms with Gasteiger partial charge in [-0.2, -0.15) is 5.10 Å². The SMILES string of the molecule is NC(=NNC(=S)N1CCN(c2ccccc2)CC1)c1cc(N2CCOCC2)ccn1. The van der Waals surface area contributed by atoms with E-state index in [1.54, 1.807) is 6.20 Å². The molecule has 0 radical (unpaired) electrons. The number of nitrogens with two attached hydrogens (primary N) is 1. The minimum absolute atomic E-state index is 0.315. The summed E-state index contributed by atoms with van der Waals surface area (Å²) in [6.45, 7) is 6.67. The van der Waals surface area contributed by atoms with Gasteiger partial charge in [-0.05, 0) is 36.5 Å². The van der Waals surface area contributed by atoms with E-state index in [0.29, 0.717) is 16.6 Å². The fourth-order valence-electron chi connectivity index (χ4n) is 3.62. The molecule has 30 heavy (non-hydrogen) atoms. The molecule has 0 unspecified atom stereocenters. The van der Waals surface area contributed by atoms with Crippen LogP contribution in [0.15, 0.2) is 53.8 Å². The standard InChI is InChI=1S/C21H27N7OS/c22-20(19-16-18(6-7-23-19)27-12-14-29-15-13-27)24-25-21(30)28-10-8-26(9-11-28)17-4-2-1-3-5-17/h1-7,16H,8-15H2,(H2,22,24)(H,25,30). The highest BCUT2D eigenvalue weighted by molar-refractivity contribution is 7.80. The molecule has 0 spiro atoms. The van der Waals surface area contributed by atoms with Crippen LogP contribution in [0.1, 0.15) is 5.69 Å². The Hall–Kier alpha value is -2.91. The zero-order valence-electron chi connectivity index (χ0n) is 16.9. The van der Waals surface area contributed by atoms with E-state index in [-0.39, 0.29) is 0 Å². The number of benzene rings is 1. The van der Waals surface area contributed by atoms with Crippen LogP contribution in [0.25, 0.3) is 0 Å². The molecule has 1 aromatic heterocycles. The molecule has 3 N–H and O–H groups in total. The Balaban J connectivity index is 1.32. The average Bonchev–Trinajstić information content (AvgIpc) is 2.83. The van der Waals surface area contributed by atoms with Crippen LogP contribution in [0.3, 0.4) is 0 Å². The number of para-hydroxylation sites is 1. The number of rotatable bonds is 4. The summed E-state index contributed by atoms with van der Waals surface area (Å²) in [6, 6.07) is 14.4.